The number of para-hydroxylation sites is 4. The lowest BCUT2D eigenvalue weighted by atomic mass is 9.96. The Bertz CT molecular complexity index is 3520. The smallest absolute Gasteiger partial charge is 0.143 e. The number of nitrogens with zero attached hydrogens (tertiary/aromatic N) is 1. The minimum Gasteiger partial charge on any atom is -0.456 e. The summed E-state index contributed by atoms with van der Waals surface area (Å²) in [5, 5.41) is 6.53. The average molecular weight is 744 g/mol. The van der Waals surface area contributed by atoms with Crippen molar-refractivity contribution < 1.29 is 13.3 Å². The summed E-state index contributed by atoms with van der Waals surface area (Å²) >= 11 is 0. The van der Waals surface area contributed by atoms with Crippen LogP contribution in [-0.2, 0) is 0 Å². The first-order chi connectivity index (χ1) is 28.7. The number of hydrogen-bond donors (Lipinski definition) is 0. The summed E-state index contributed by atoms with van der Waals surface area (Å²) in [6, 6.07) is 70.0. The highest BCUT2D eigenvalue weighted by Crippen LogP contribution is 2.45. The minimum atomic E-state index is 0.836. The molecule has 58 heavy (non-hydrogen) atoms. The standard InChI is InChI=1S/C54H33NO3/c1-3-13-34(14-4-1)39-17-7-9-22-47(39)55(37-15-5-2-6-16-37)38-27-30-42-41-28-25-35(31-50(41)57-52(42)33-38)36-26-29-46-51(32-36)56-49-24-12-19-43(53(46)49)45-21-11-20-44-40-18-8-10-23-48(40)58-54(44)45/h1-33H. The maximum atomic E-state index is 6.69. The van der Waals surface area contributed by atoms with Gasteiger partial charge in [0.15, 0.2) is 0 Å². The van der Waals surface area contributed by atoms with E-state index in [0.717, 1.165) is 116 Å². The van der Waals surface area contributed by atoms with Gasteiger partial charge >= 0.3 is 0 Å². The van der Waals surface area contributed by atoms with Crippen LogP contribution >= 0.6 is 0 Å². The van der Waals surface area contributed by atoms with Crippen LogP contribution in [0.15, 0.2) is 213 Å². The normalized spacial score (nSPS) is 11.8. The number of benzene rings is 9. The summed E-state index contributed by atoms with van der Waals surface area (Å²) in [6.07, 6.45) is 0. The zero-order valence-corrected chi connectivity index (χ0v) is 31.2. The van der Waals surface area contributed by atoms with Crippen LogP contribution in [0.2, 0.25) is 0 Å². The second kappa shape index (κ2) is 12.9. The summed E-state index contributed by atoms with van der Waals surface area (Å²) in [5.41, 5.74) is 14.9. The zero-order valence-electron chi connectivity index (χ0n) is 31.2. The van der Waals surface area contributed by atoms with Crippen molar-refractivity contribution in [2.75, 3.05) is 4.90 Å². The Kier molecular flexibility index (Phi) is 7.20. The Morgan fingerprint density at radius 1 is 0.293 bits per heavy atom. The summed E-state index contributed by atoms with van der Waals surface area (Å²) < 4.78 is 19.7. The van der Waals surface area contributed by atoms with Gasteiger partial charge in [-0.2, -0.15) is 0 Å². The fourth-order valence-electron chi connectivity index (χ4n) is 8.81. The van der Waals surface area contributed by atoms with Crippen LogP contribution in [0.4, 0.5) is 17.1 Å². The third-order valence-corrected chi connectivity index (χ3v) is 11.5. The topological polar surface area (TPSA) is 42.7 Å². The molecule has 0 aliphatic carbocycles. The molecular formula is C54H33NO3. The van der Waals surface area contributed by atoms with Crippen molar-refractivity contribution in [2.45, 2.75) is 0 Å². The molecule has 4 nitrogen and oxygen atoms in total. The Hall–Kier alpha value is -7.82. The Morgan fingerprint density at radius 3 is 1.71 bits per heavy atom. The number of rotatable bonds is 6. The van der Waals surface area contributed by atoms with Crippen LogP contribution < -0.4 is 4.90 Å². The lowest BCUT2D eigenvalue weighted by Gasteiger charge is -2.27. The van der Waals surface area contributed by atoms with Crippen molar-refractivity contribution >= 4 is 82.9 Å². The third kappa shape index (κ3) is 5.09. The molecule has 0 amide bonds. The molecule has 0 unspecified atom stereocenters. The van der Waals surface area contributed by atoms with Crippen LogP contribution in [0.25, 0.3) is 99.2 Å². The highest BCUT2D eigenvalue weighted by atomic mass is 16.3. The molecule has 0 aliphatic rings. The van der Waals surface area contributed by atoms with E-state index in [1.807, 2.05) is 18.2 Å². The fourth-order valence-corrected chi connectivity index (χ4v) is 8.81. The molecule has 0 radical (unpaired) electrons. The van der Waals surface area contributed by atoms with Gasteiger partial charge in [-0.3, -0.25) is 0 Å². The van der Waals surface area contributed by atoms with Gasteiger partial charge in [-0.1, -0.05) is 127 Å². The summed E-state index contributed by atoms with van der Waals surface area (Å²) in [5.74, 6) is 0. The summed E-state index contributed by atoms with van der Waals surface area (Å²) in [6.45, 7) is 0. The quantitative estimate of drug-likeness (QED) is 0.170. The second-order valence-corrected chi connectivity index (χ2v) is 14.8. The van der Waals surface area contributed by atoms with E-state index < -0.39 is 0 Å². The third-order valence-electron chi connectivity index (χ3n) is 11.5. The van der Waals surface area contributed by atoms with Gasteiger partial charge in [0.2, 0.25) is 0 Å². The van der Waals surface area contributed by atoms with Crippen LogP contribution in [0, 0.1) is 0 Å². The van der Waals surface area contributed by atoms with Crippen molar-refractivity contribution in [3.63, 3.8) is 0 Å². The Morgan fingerprint density at radius 2 is 0.862 bits per heavy atom. The lowest BCUT2D eigenvalue weighted by molar-refractivity contribution is 0.668. The molecule has 0 saturated heterocycles. The lowest BCUT2D eigenvalue weighted by Crippen LogP contribution is -2.11. The highest BCUT2D eigenvalue weighted by Gasteiger charge is 2.20. The number of furan rings is 3. The largest absolute Gasteiger partial charge is 0.456 e. The van der Waals surface area contributed by atoms with Crippen LogP contribution in [0.3, 0.4) is 0 Å². The fraction of sp³-hybridized carbons (Fsp3) is 0. The maximum Gasteiger partial charge on any atom is 0.143 e. The minimum absolute atomic E-state index is 0.836. The Balaban J connectivity index is 0.945. The Labute approximate surface area is 333 Å². The molecule has 0 fully saturated rings. The van der Waals surface area contributed by atoms with Crippen molar-refractivity contribution in [2.24, 2.45) is 0 Å². The second-order valence-electron chi connectivity index (χ2n) is 14.8. The van der Waals surface area contributed by atoms with E-state index >= 15 is 0 Å². The van der Waals surface area contributed by atoms with Crippen molar-refractivity contribution in [3.8, 4) is 33.4 Å². The molecule has 3 aromatic heterocycles. The molecule has 3 heterocycles. The molecule has 12 aromatic rings. The van der Waals surface area contributed by atoms with Crippen LogP contribution in [-0.4, -0.2) is 0 Å². The molecule has 0 atom stereocenters. The van der Waals surface area contributed by atoms with Crippen molar-refractivity contribution in [1.82, 2.24) is 0 Å². The first kappa shape index (κ1) is 32.4. The molecule has 0 N–H and O–H groups in total. The first-order valence-corrected chi connectivity index (χ1v) is 19.6. The van der Waals surface area contributed by atoms with E-state index in [1.54, 1.807) is 0 Å². The maximum absolute atomic E-state index is 6.69. The number of fused-ring (bicyclic) bond motifs is 9. The first-order valence-electron chi connectivity index (χ1n) is 19.6. The van der Waals surface area contributed by atoms with Crippen LogP contribution in [0.1, 0.15) is 0 Å². The van der Waals surface area contributed by atoms with E-state index in [0.29, 0.717) is 0 Å². The zero-order chi connectivity index (χ0) is 38.2. The summed E-state index contributed by atoms with van der Waals surface area (Å²) in [4.78, 5) is 2.31. The summed E-state index contributed by atoms with van der Waals surface area (Å²) in [7, 11) is 0. The molecule has 4 heteroatoms. The number of hydrogen-bond acceptors (Lipinski definition) is 4. The molecule has 9 aromatic carbocycles. The van der Waals surface area contributed by atoms with Gasteiger partial charge in [-0.15, -0.1) is 0 Å². The van der Waals surface area contributed by atoms with Gasteiger partial charge in [0.1, 0.15) is 33.5 Å². The predicted octanol–water partition coefficient (Wildman–Crippen LogP) is 15.9. The molecular weight excluding hydrogens is 711 g/mol. The highest BCUT2D eigenvalue weighted by molar-refractivity contribution is 6.17. The molecule has 12 rings (SSSR count). The van der Waals surface area contributed by atoms with E-state index in [2.05, 4.69) is 187 Å². The van der Waals surface area contributed by atoms with Gasteiger partial charge in [-0.25, -0.2) is 0 Å². The molecule has 0 aliphatic heterocycles. The van der Waals surface area contributed by atoms with E-state index in [9.17, 15) is 0 Å². The van der Waals surface area contributed by atoms with Gasteiger partial charge in [-0.05, 0) is 89.0 Å². The van der Waals surface area contributed by atoms with E-state index in [1.165, 1.54) is 0 Å². The van der Waals surface area contributed by atoms with E-state index in [-0.39, 0.29) is 0 Å². The molecule has 0 bridgehead atoms. The molecule has 0 saturated carbocycles. The SMILES string of the molecule is c1ccc(-c2ccccc2N(c2ccccc2)c2ccc3c(c2)oc2cc(-c4ccc5c(c4)oc4cccc(-c6cccc7c6oc6ccccc67)c45)ccc23)cc1. The van der Waals surface area contributed by atoms with Crippen molar-refractivity contribution in [3.05, 3.63) is 200 Å². The van der Waals surface area contributed by atoms with E-state index in [4.69, 9.17) is 13.3 Å². The number of anilines is 3. The van der Waals surface area contributed by atoms with Gasteiger partial charge in [0.05, 0.1) is 5.69 Å². The van der Waals surface area contributed by atoms with Gasteiger partial charge in [0.25, 0.3) is 0 Å². The van der Waals surface area contributed by atoms with Gasteiger partial charge < -0.3 is 18.2 Å². The predicted molar refractivity (Wildman–Crippen MR) is 239 cm³/mol. The van der Waals surface area contributed by atoms with Crippen LogP contribution in [0.5, 0.6) is 0 Å². The molecule has 0 spiro atoms. The van der Waals surface area contributed by atoms with Gasteiger partial charge in [0, 0.05) is 60.9 Å². The average Bonchev–Trinajstić information content (AvgIpc) is 3.98. The van der Waals surface area contributed by atoms with Crippen molar-refractivity contribution in [1.29, 1.82) is 0 Å². The monoisotopic (exact) mass is 743 g/mol. The molecule has 272 valence electrons.